The van der Waals surface area contributed by atoms with E-state index in [0.717, 1.165) is 0 Å². The van der Waals surface area contributed by atoms with Crippen molar-refractivity contribution in [2.45, 2.75) is 0 Å². The molecule has 1 aromatic rings. The van der Waals surface area contributed by atoms with E-state index < -0.39 is 0 Å². The summed E-state index contributed by atoms with van der Waals surface area (Å²) < 4.78 is 9.72. The van der Waals surface area contributed by atoms with E-state index in [0.29, 0.717) is 5.75 Å². The van der Waals surface area contributed by atoms with Gasteiger partial charge in [0.15, 0.2) is 11.5 Å². The topological polar surface area (TPSA) is 41.5 Å². The minimum atomic E-state index is -0.160. The Morgan fingerprint density at radius 3 is 2.15 bits per heavy atom. The van der Waals surface area contributed by atoms with Crippen LogP contribution in [0.4, 0.5) is 0 Å². The summed E-state index contributed by atoms with van der Waals surface area (Å²) in [5.41, 5.74) is 0. The average Bonchev–Trinajstić information content (AvgIpc) is 2.04. The second-order valence-corrected chi connectivity index (χ2v) is 1.99. The van der Waals surface area contributed by atoms with Crippen molar-refractivity contribution >= 4 is 23.1 Å². The predicted molar refractivity (Wildman–Crippen MR) is 44.7 cm³/mol. The van der Waals surface area contributed by atoms with Crippen LogP contribution < -0.4 is 31.6 Å². The molecule has 0 aliphatic rings. The van der Waals surface area contributed by atoms with E-state index in [1.807, 2.05) is 0 Å². The third-order valence-corrected chi connectivity index (χ3v) is 1.37. The summed E-state index contributed by atoms with van der Waals surface area (Å²) in [6, 6.07) is 4.74. The van der Waals surface area contributed by atoms with Crippen molar-refractivity contribution in [3.05, 3.63) is 18.2 Å². The fourth-order valence-corrected chi connectivity index (χ4v) is 0.858. The van der Waals surface area contributed by atoms with Crippen LogP contribution in [-0.4, -0.2) is 37.3 Å². The summed E-state index contributed by atoms with van der Waals surface area (Å²) in [6.45, 7) is 0. The number of ether oxygens (including phenoxy) is 2. The van der Waals surface area contributed by atoms with Crippen LogP contribution >= 0.6 is 0 Å². The van der Waals surface area contributed by atoms with Crippen molar-refractivity contribution in [2.24, 2.45) is 0 Å². The first-order valence-corrected chi connectivity index (χ1v) is 3.17. The minimum Gasteiger partial charge on any atom is -1.00 e. The molecule has 0 bridgehead atoms. The maximum Gasteiger partial charge on any atom is 2.00 e. The van der Waals surface area contributed by atoms with Crippen molar-refractivity contribution in [1.29, 1.82) is 0 Å². The van der Waals surface area contributed by atoms with E-state index in [4.69, 9.17) is 9.47 Å². The van der Waals surface area contributed by atoms with Gasteiger partial charge in [-0.1, -0.05) is 17.9 Å². The quantitative estimate of drug-likeness (QED) is 0.546. The van der Waals surface area contributed by atoms with Crippen LogP contribution in [0.1, 0.15) is 0 Å². The Bertz CT molecular complexity index is 255. The zero-order valence-corrected chi connectivity index (χ0v) is 10.5. The molecule has 0 atom stereocenters. The number of halogens is 1. The molecule has 1 aromatic carbocycles. The van der Waals surface area contributed by atoms with Gasteiger partial charge in [0.2, 0.25) is 0 Å². The maximum absolute atomic E-state index is 11.0. The second kappa shape index (κ2) is 7.29. The fraction of sp³-hybridized carbons (Fsp3) is 0.250. The molecule has 0 saturated heterocycles. The van der Waals surface area contributed by atoms with Crippen LogP contribution in [-0.2, 0) is 0 Å². The molecule has 13 heavy (non-hydrogen) atoms. The Hall–Kier alpha value is -0.134. The second-order valence-electron chi connectivity index (χ2n) is 1.99. The van der Waals surface area contributed by atoms with Crippen LogP contribution in [0, 0.1) is 0 Å². The van der Waals surface area contributed by atoms with E-state index in [-0.39, 0.29) is 51.5 Å². The number of benzene rings is 1. The standard InChI is InChI=1S/C8H10O3.BrH.Mg/c1-10-7-5-3-4-6(9)8(7)11-2;;/h3-5,9H,1-2H3;1H;/q;;+2/p-2. The normalized spacial score (nSPS) is 7.85. The van der Waals surface area contributed by atoms with Crippen molar-refractivity contribution < 1.29 is 31.6 Å². The predicted octanol–water partition coefficient (Wildman–Crippen LogP) is -2.60. The molecule has 68 valence electrons. The van der Waals surface area contributed by atoms with E-state index in [2.05, 4.69) is 0 Å². The smallest absolute Gasteiger partial charge is 1.00 e. The molecule has 0 aliphatic heterocycles. The van der Waals surface area contributed by atoms with Crippen molar-refractivity contribution in [3.8, 4) is 17.2 Å². The minimum absolute atomic E-state index is 0. The third-order valence-electron chi connectivity index (χ3n) is 1.37. The first-order chi connectivity index (χ1) is 5.29. The Labute approximate surface area is 104 Å². The molecule has 3 nitrogen and oxygen atoms in total. The molecule has 0 saturated carbocycles. The first-order valence-electron chi connectivity index (χ1n) is 3.17. The van der Waals surface area contributed by atoms with Crippen LogP contribution in [0.2, 0.25) is 0 Å². The van der Waals surface area contributed by atoms with E-state index in [1.165, 1.54) is 20.3 Å². The van der Waals surface area contributed by atoms with E-state index in [9.17, 15) is 5.11 Å². The van der Waals surface area contributed by atoms with Crippen LogP contribution in [0.5, 0.6) is 17.2 Å². The molecule has 0 spiro atoms. The van der Waals surface area contributed by atoms with Gasteiger partial charge in [0.1, 0.15) is 0 Å². The molecule has 0 amide bonds. The van der Waals surface area contributed by atoms with Crippen molar-refractivity contribution in [3.63, 3.8) is 0 Å². The van der Waals surface area contributed by atoms with Crippen LogP contribution in [0.3, 0.4) is 0 Å². The summed E-state index contributed by atoms with van der Waals surface area (Å²) in [4.78, 5) is 0. The largest absolute Gasteiger partial charge is 2.00 e. The van der Waals surface area contributed by atoms with Crippen molar-refractivity contribution in [1.82, 2.24) is 0 Å². The molecule has 0 heterocycles. The Morgan fingerprint density at radius 2 is 1.77 bits per heavy atom. The van der Waals surface area contributed by atoms with Crippen LogP contribution in [0.25, 0.3) is 0 Å². The Morgan fingerprint density at radius 1 is 1.15 bits per heavy atom. The average molecular weight is 257 g/mol. The molecule has 0 fully saturated rings. The van der Waals surface area contributed by atoms with Gasteiger partial charge in [-0.25, -0.2) is 0 Å². The molecular formula is C8H9BrMgO3. The molecule has 0 radical (unpaired) electrons. The molecular weight excluding hydrogens is 248 g/mol. The summed E-state index contributed by atoms with van der Waals surface area (Å²) >= 11 is 0. The monoisotopic (exact) mass is 256 g/mol. The SMILES string of the molecule is COc1cccc([O-])c1OC.[Br-].[Mg+2]. The van der Waals surface area contributed by atoms with Gasteiger partial charge in [0.05, 0.1) is 14.2 Å². The zero-order valence-electron chi connectivity index (χ0n) is 7.54. The number of hydrogen-bond acceptors (Lipinski definition) is 3. The maximum atomic E-state index is 11.0. The molecule has 0 unspecified atom stereocenters. The summed E-state index contributed by atoms with van der Waals surface area (Å²) in [5.74, 6) is 0.571. The van der Waals surface area contributed by atoms with Gasteiger partial charge < -0.3 is 31.6 Å². The first kappa shape index (κ1) is 15.3. The van der Waals surface area contributed by atoms with Gasteiger partial charge in [-0.2, -0.15) is 0 Å². The number of para-hydroxylation sites is 1. The molecule has 5 heteroatoms. The van der Waals surface area contributed by atoms with Gasteiger partial charge in [0.25, 0.3) is 0 Å². The Kier molecular flexibility index (Phi) is 8.60. The number of methoxy groups -OCH3 is 2. The fourth-order valence-electron chi connectivity index (χ4n) is 0.858. The number of hydrogen-bond donors (Lipinski definition) is 0. The third kappa shape index (κ3) is 3.62. The van der Waals surface area contributed by atoms with Crippen LogP contribution in [0.15, 0.2) is 18.2 Å². The summed E-state index contributed by atoms with van der Waals surface area (Å²) in [6.07, 6.45) is 0. The van der Waals surface area contributed by atoms with Gasteiger partial charge in [-0.05, 0) is 6.07 Å². The molecule has 0 aromatic heterocycles. The van der Waals surface area contributed by atoms with Gasteiger partial charge in [-0.15, -0.1) is 0 Å². The molecule has 0 N–H and O–H groups in total. The van der Waals surface area contributed by atoms with Gasteiger partial charge >= 0.3 is 23.1 Å². The zero-order chi connectivity index (χ0) is 8.27. The number of rotatable bonds is 2. The van der Waals surface area contributed by atoms with Crippen molar-refractivity contribution in [2.75, 3.05) is 14.2 Å². The molecule has 0 aliphatic carbocycles. The van der Waals surface area contributed by atoms with Gasteiger partial charge in [-0.3, -0.25) is 0 Å². The van der Waals surface area contributed by atoms with E-state index in [1.54, 1.807) is 12.1 Å². The van der Waals surface area contributed by atoms with E-state index >= 15 is 0 Å². The Balaban J connectivity index is 0. The summed E-state index contributed by atoms with van der Waals surface area (Å²) in [7, 11) is 2.94. The van der Waals surface area contributed by atoms with Gasteiger partial charge in [0, 0.05) is 0 Å². The summed E-state index contributed by atoms with van der Waals surface area (Å²) in [5, 5.41) is 11.0. The molecule has 1 rings (SSSR count).